The first kappa shape index (κ1) is 14.0. The van der Waals surface area contributed by atoms with E-state index < -0.39 is 0 Å². The molecule has 21 heavy (non-hydrogen) atoms. The van der Waals surface area contributed by atoms with Crippen LogP contribution in [0.15, 0.2) is 47.3 Å². The van der Waals surface area contributed by atoms with Gasteiger partial charge in [0.25, 0.3) is 0 Å². The maximum atomic E-state index is 12.4. The summed E-state index contributed by atoms with van der Waals surface area (Å²) < 4.78 is 0.885. The van der Waals surface area contributed by atoms with E-state index in [0.29, 0.717) is 5.82 Å². The summed E-state index contributed by atoms with van der Waals surface area (Å²) in [5.41, 5.74) is 1.13. The van der Waals surface area contributed by atoms with Crippen molar-refractivity contribution in [3.05, 3.63) is 52.9 Å². The van der Waals surface area contributed by atoms with Gasteiger partial charge in [-0.3, -0.25) is 10.3 Å². The molecule has 1 atom stereocenters. The van der Waals surface area contributed by atoms with Crippen LogP contribution in [0.1, 0.15) is 24.4 Å². The lowest BCUT2D eigenvalue weighted by molar-refractivity contribution is 0.207. The Hall–Kier alpha value is -1.95. The topological polar surface area (TPSA) is 58.1 Å². The van der Waals surface area contributed by atoms with E-state index in [0.717, 1.165) is 29.4 Å². The molecule has 6 heteroatoms. The maximum absolute atomic E-state index is 12.4. The first-order valence-corrected chi connectivity index (χ1v) is 7.62. The molecular formula is C15H15BrN4O. The summed E-state index contributed by atoms with van der Waals surface area (Å²) in [4.78, 5) is 22.5. The Morgan fingerprint density at radius 3 is 2.81 bits per heavy atom. The van der Waals surface area contributed by atoms with Gasteiger partial charge >= 0.3 is 6.03 Å². The van der Waals surface area contributed by atoms with Crippen molar-refractivity contribution in [1.29, 1.82) is 0 Å². The second kappa shape index (κ2) is 6.22. The van der Waals surface area contributed by atoms with Crippen LogP contribution in [0.5, 0.6) is 0 Å². The van der Waals surface area contributed by atoms with E-state index in [1.165, 1.54) is 0 Å². The first-order valence-electron chi connectivity index (χ1n) is 6.83. The normalized spacial score (nSPS) is 17.8. The highest BCUT2D eigenvalue weighted by Crippen LogP contribution is 2.31. The molecule has 3 rings (SSSR count). The van der Waals surface area contributed by atoms with Crippen molar-refractivity contribution in [2.45, 2.75) is 18.9 Å². The molecule has 1 saturated heterocycles. The van der Waals surface area contributed by atoms with Crippen LogP contribution < -0.4 is 5.32 Å². The first-order chi connectivity index (χ1) is 10.2. The molecule has 0 unspecified atom stereocenters. The number of rotatable bonds is 2. The zero-order chi connectivity index (χ0) is 14.7. The quantitative estimate of drug-likeness (QED) is 0.903. The summed E-state index contributed by atoms with van der Waals surface area (Å²) in [7, 11) is 0. The molecule has 1 aliphatic rings. The minimum absolute atomic E-state index is 0.107. The Kier molecular flexibility index (Phi) is 4.15. The lowest BCUT2D eigenvalue weighted by atomic mass is 10.1. The molecule has 5 nitrogen and oxygen atoms in total. The summed E-state index contributed by atoms with van der Waals surface area (Å²) in [6.07, 6.45) is 7.18. The smallest absolute Gasteiger partial charge is 0.317 e. The molecule has 2 amide bonds. The third kappa shape index (κ3) is 3.21. The lowest BCUT2D eigenvalue weighted by Gasteiger charge is -2.25. The van der Waals surface area contributed by atoms with Crippen molar-refractivity contribution >= 4 is 27.8 Å². The molecule has 0 radical (unpaired) electrons. The molecule has 2 aromatic heterocycles. The van der Waals surface area contributed by atoms with Gasteiger partial charge in [0.15, 0.2) is 0 Å². The number of carbonyl (C=O) groups excluding carboxylic acids is 1. The van der Waals surface area contributed by atoms with Crippen molar-refractivity contribution in [1.82, 2.24) is 14.9 Å². The Morgan fingerprint density at radius 2 is 2.10 bits per heavy atom. The van der Waals surface area contributed by atoms with Crippen LogP contribution in [0.25, 0.3) is 0 Å². The fourth-order valence-corrected chi connectivity index (χ4v) is 2.81. The minimum atomic E-state index is -0.107. The van der Waals surface area contributed by atoms with Gasteiger partial charge in [0, 0.05) is 29.6 Å². The van der Waals surface area contributed by atoms with Crippen LogP contribution in [-0.2, 0) is 0 Å². The van der Waals surface area contributed by atoms with Gasteiger partial charge in [-0.15, -0.1) is 0 Å². The molecule has 0 aromatic carbocycles. The number of urea groups is 1. The summed E-state index contributed by atoms with van der Waals surface area (Å²) in [5, 5.41) is 2.85. The number of likely N-dealkylation sites (tertiary alicyclic amines) is 1. The van der Waals surface area contributed by atoms with E-state index in [-0.39, 0.29) is 12.1 Å². The largest absolute Gasteiger partial charge is 0.323 e. The number of carbonyl (C=O) groups is 1. The minimum Gasteiger partial charge on any atom is -0.317 e. The van der Waals surface area contributed by atoms with Gasteiger partial charge in [0.05, 0.1) is 6.04 Å². The highest BCUT2D eigenvalue weighted by molar-refractivity contribution is 9.10. The Bertz CT molecular complexity index is 617. The molecule has 0 saturated carbocycles. The fourth-order valence-electron chi connectivity index (χ4n) is 2.57. The Labute approximate surface area is 131 Å². The monoisotopic (exact) mass is 346 g/mol. The summed E-state index contributed by atoms with van der Waals surface area (Å²) in [6, 6.07) is 7.57. The molecular weight excluding hydrogens is 332 g/mol. The molecule has 0 spiro atoms. The SMILES string of the molecule is O=C(Nc1ccc(Br)cn1)N1CCC[C@@H]1c1ccncc1. The second-order valence-corrected chi connectivity index (χ2v) is 5.84. The molecule has 108 valence electrons. The maximum Gasteiger partial charge on any atom is 0.323 e. The van der Waals surface area contributed by atoms with Crippen molar-refractivity contribution in [3.63, 3.8) is 0 Å². The average Bonchev–Trinajstić information content (AvgIpc) is 3.00. The number of anilines is 1. The molecule has 0 bridgehead atoms. The summed E-state index contributed by atoms with van der Waals surface area (Å²) >= 11 is 3.33. The van der Waals surface area contributed by atoms with E-state index >= 15 is 0 Å². The zero-order valence-corrected chi connectivity index (χ0v) is 13.0. The highest BCUT2D eigenvalue weighted by Gasteiger charge is 2.30. The van der Waals surface area contributed by atoms with Crippen LogP contribution in [-0.4, -0.2) is 27.4 Å². The van der Waals surface area contributed by atoms with E-state index in [4.69, 9.17) is 0 Å². The molecule has 1 aliphatic heterocycles. The van der Waals surface area contributed by atoms with E-state index in [1.54, 1.807) is 24.7 Å². The average molecular weight is 347 g/mol. The van der Waals surface area contributed by atoms with Gasteiger partial charge < -0.3 is 4.90 Å². The van der Waals surface area contributed by atoms with Gasteiger partial charge in [-0.25, -0.2) is 9.78 Å². The molecule has 2 aromatic rings. The third-order valence-corrected chi connectivity index (χ3v) is 4.04. The van der Waals surface area contributed by atoms with E-state index in [1.807, 2.05) is 23.1 Å². The molecule has 1 N–H and O–H groups in total. The summed E-state index contributed by atoms with van der Waals surface area (Å²) in [5.74, 6) is 0.559. The van der Waals surface area contributed by atoms with Crippen LogP contribution in [0.3, 0.4) is 0 Å². The summed E-state index contributed by atoms with van der Waals surface area (Å²) in [6.45, 7) is 0.759. The lowest BCUT2D eigenvalue weighted by Crippen LogP contribution is -2.34. The van der Waals surface area contributed by atoms with E-state index in [2.05, 4.69) is 31.2 Å². The fraction of sp³-hybridized carbons (Fsp3) is 0.267. The molecule has 1 fully saturated rings. The van der Waals surface area contributed by atoms with Crippen LogP contribution in [0.2, 0.25) is 0 Å². The highest BCUT2D eigenvalue weighted by atomic mass is 79.9. The number of halogens is 1. The number of pyridine rings is 2. The Morgan fingerprint density at radius 1 is 1.29 bits per heavy atom. The zero-order valence-electron chi connectivity index (χ0n) is 11.4. The van der Waals surface area contributed by atoms with Crippen molar-refractivity contribution in [2.75, 3.05) is 11.9 Å². The van der Waals surface area contributed by atoms with Gasteiger partial charge in [0.2, 0.25) is 0 Å². The van der Waals surface area contributed by atoms with Gasteiger partial charge in [-0.1, -0.05) is 0 Å². The van der Waals surface area contributed by atoms with Crippen molar-refractivity contribution in [2.24, 2.45) is 0 Å². The predicted octanol–water partition coefficient (Wildman–Crippen LogP) is 3.61. The van der Waals surface area contributed by atoms with Crippen LogP contribution in [0.4, 0.5) is 10.6 Å². The van der Waals surface area contributed by atoms with Crippen LogP contribution >= 0.6 is 15.9 Å². The standard InChI is InChI=1S/C15H15BrN4O/c16-12-3-4-14(18-10-12)19-15(21)20-9-1-2-13(20)11-5-7-17-8-6-11/h3-8,10,13H,1-2,9H2,(H,18,19,21)/t13-/m1/s1. The number of nitrogens with zero attached hydrogens (tertiary/aromatic N) is 3. The molecule has 0 aliphatic carbocycles. The van der Waals surface area contributed by atoms with Crippen LogP contribution in [0, 0.1) is 0 Å². The van der Waals surface area contributed by atoms with Gasteiger partial charge in [-0.2, -0.15) is 0 Å². The number of hydrogen-bond donors (Lipinski definition) is 1. The van der Waals surface area contributed by atoms with Gasteiger partial charge in [-0.05, 0) is 58.6 Å². The number of aromatic nitrogens is 2. The van der Waals surface area contributed by atoms with Gasteiger partial charge in [0.1, 0.15) is 5.82 Å². The molecule has 3 heterocycles. The predicted molar refractivity (Wildman–Crippen MR) is 83.9 cm³/mol. The number of amides is 2. The van der Waals surface area contributed by atoms with E-state index in [9.17, 15) is 4.79 Å². The van der Waals surface area contributed by atoms with Crippen molar-refractivity contribution in [3.8, 4) is 0 Å². The second-order valence-electron chi connectivity index (χ2n) is 4.92. The Balaban J connectivity index is 1.73. The number of nitrogens with one attached hydrogen (secondary N) is 1. The van der Waals surface area contributed by atoms with Crippen molar-refractivity contribution < 1.29 is 4.79 Å². The number of hydrogen-bond acceptors (Lipinski definition) is 3. The third-order valence-electron chi connectivity index (χ3n) is 3.57.